The van der Waals surface area contributed by atoms with Gasteiger partial charge >= 0.3 is 6.09 Å². The zero-order chi connectivity index (χ0) is 22.1. The summed E-state index contributed by atoms with van der Waals surface area (Å²) in [6.45, 7) is 5.74. The molecule has 1 aromatic carbocycles. The Morgan fingerprint density at radius 2 is 1.90 bits per heavy atom. The molecule has 1 aliphatic heterocycles. The zero-order valence-corrected chi connectivity index (χ0v) is 19.0. The first-order valence-electron chi connectivity index (χ1n) is 10.9. The fraction of sp³-hybridized carbons (Fsp3) is 0.583. The number of aliphatic hydroxyl groups is 1. The molecule has 2 rings (SSSR count). The van der Waals surface area contributed by atoms with Crippen LogP contribution in [0.5, 0.6) is 0 Å². The van der Waals surface area contributed by atoms with Crippen LogP contribution in [0.25, 0.3) is 0 Å². The van der Waals surface area contributed by atoms with Crippen molar-refractivity contribution in [3.8, 4) is 0 Å². The Kier molecular flexibility index (Phi) is 9.37. The lowest BCUT2D eigenvalue weighted by Gasteiger charge is -2.29. The third-order valence-corrected chi connectivity index (χ3v) is 5.96. The second-order valence-corrected chi connectivity index (χ2v) is 8.88. The molecule has 166 valence electrons. The fourth-order valence-corrected chi connectivity index (χ4v) is 3.87. The molecule has 30 heavy (non-hydrogen) atoms. The minimum absolute atomic E-state index is 0.457. The predicted molar refractivity (Wildman–Crippen MR) is 120 cm³/mol. The minimum Gasteiger partial charge on any atom is -0.441 e. The molecule has 0 radical (unpaired) electrons. The molecule has 1 heterocycles. The number of aliphatic hydroxyl groups excluding tert-OH is 1. The van der Waals surface area contributed by atoms with E-state index in [1.807, 2.05) is 36.4 Å². The second kappa shape index (κ2) is 11.5. The summed E-state index contributed by atoms with van der Waals surface area (Å²) in [5.74, 6) is -0.631. The summed E-state index contributed by atoms with van der Waals surface area (Å²) in [7, 11) is 0. The highest BCUT2D eigenvalue weighted by Gasteiger charge is 2.52. The van der Waals surface area contributed by atoms with Crippen molar-refractivity contribution in [2.24, 2.45) is 0 Å². The molecular weight excluding hydrogens is 402 g/mol. The normalized spacial score (nSPS) is 20.4. The van der Waals surface area contributed by atoms with Gasteiger partial charge in [0.2, 0.25) is 0 Å². The first-order valence-corrected chi connectivity index (χ1v) is 11.3. The molecule has 0 aliphatic carbocycles. The summed E-state index contributed by atoms with van der Waals surface area (Å²) in [5, 5.41) is 9.11. The number of rotatable bonds is 11. The topological polar surface area (TPSA) is 66.8 Å². The number of unbranched alkanes of at least 4 members (excludes halogenated alkanes) is 5. The quantitative estimate of drug-likeness (QED) is 0.293. The number of amides is 2. The van der Waals surface area contributed by atoms with Crippen molar-refractivity contribution >= 4 is 23.6 Å². The van der Waals surface area contributed by atoms with Gasteiger partial charge in [0.05, 0.1) is 12.1 Å². The van der Waals surface area contributed by atoms with Crippen LogP contribution in [0, 0.1) is 0 Å². The van der Waals surface area contributed by atoms with Gasteiger partial charge in [0, 0.05) is 0 Å². The molecule has 2 amide bonds. The zero-order valence-electron chi connectivity index (χ0n) is 18.2. The Labute approximate surface area is 185 Å². The third kappa shape index (κ3) is 6.58. The lowest BCUT2D eigenvalue weighted by Crippen LogP contribution is -2.50. The van der Waals surface area contributed by atoms with Crippen molar-refractivity contribution in [1.29, 1.82) is 0 Å². The monoisotopic (exact) mass is 435 g/mol. The average molecular weight is 436 g/mol. The van der Waals surface area contributed by atoms with Crippen LogP contribution in [0.2, 0.25) is 0 Å². The number of halogens is 1. The summed E-state index contributed by atoms with van der Waals surface area (Å²) >= 11 is 6.27. The second-order valence-electron chi connectivity index (χ2n) is 8.41. The Balaban J connectivity index is 2.00. The van der Waals surface area contributed by atoms with Gasteiger partial charge in [-0.2, -0.15) is 0 Å². The number of ether oxygens (including phenoxy) is 1. The summed E-state index contributed by atoms with van der Waals surface area (Å²) in [4.78, 5) is 26.5. The number of carbonyl (C=O) groups excluding carboxylic acids is 2. The molecule has 1 fully saturated rings. The number of hydrogen-bond acceptors (Lipinski definition) is 4. The lowest BCUT2D eigenvalue weighted by atomic mass is 9.92. The van der Waals surface area contributed by atoms with Crippen molar-refractivity contribution in [3.63, 3.8) is 0 Å². The van der Waals surface area contributed by atoms with Gasteiger partial charge in [0.25, 0.3) is 5.91 Å². The van der Waals surface area contributed by atoms with E-state index in [1.165, 1.54) is 19.3 Å². The van der Waals surface area contributed by atoms with Gasteiger partial charge in [-0.25, -0.2) is 9.69 Å². The van der Waals surface area contributed by atoms with E-state index in [-0.39, 0.29) is 0 Å². The Morgan fingerprint density at radius 1 is 1.23 bits per heavy atom. The van der Waals surface area contributed by atoms with Crippen molar-refractivity contribution in [2.45, 2.75) is 88.8 Å². The maximum atomic E-state index is 13.0. The van der Waals surface area contributed by atoms with Crippen molar-refractivity contribution in [3.05, 3.63) is 48.0 Å². The van der Waals surface area contributed by atoms with E-state index < -0.39 is 35.1 Å². The smallest absolute Gasteiger partial charge is 0.417 e. The predicted octanol–water partition coefficient (Wildman–Crippen LogP) is 5.24. The molecule has 1 aromatic rings. The standard InChI is InChI=1S/C24H34ClNO4/c1-4-5-6-7-8-9-13-16-19(27)21(25)22(28)26-20(24(2,3)30-23(26)29)17-18-14-11-10-12-15-18/h10-16,19-21,27H,4-9,17H2,1-3H3/b16-13+/t19-,20+,21+/m0/s1. The largest absolute Gasteiger partial charge is 0.441 e. The third-order valence-electron chi connectivity index (χ3n) is 5.51. The van der Waals surface area contributed by atoms with E-state index in [9.17, 15) is 14.7 Å². The van der Waals surface area contributed by atoms with Crippen LogP contribution in [0.4, 0.5) is 4.79 Å². The molecule has 6 heteroatoms. The number of nitrogens with zero attached hydrogens (tertiary/aromatic N) is 1. The highest BCUT2D eigenvalue weighted by Crippen LogP contribution is 2.33. The van der Waals surface area contributed by atoms with Crippen molar-refractivity contribution in [2.75, 3.05) is 0 Å². The van der Waals surface area contributed by atoms with Gasteiger partial charge < -0.3 is 9.84 Å². The summed E-state index contributed by atoms with van der Waals surface area (Å²) in [5.41, 5.74) is 0.139. The van der Waals surface area contributed by atoms with Crippen LogP contribution in [0.15, 0.2) is 42.5 Å². The van der Waals surface area contributed by atoms with Crippen LogP contribution in [-0.4, -0.2) is 45.1 Å². The molecule has 1 N–H and O–H groups in total. The Morgan fingerprint density at radius 3 is 2.57 bits per heavy atom. The number of benzene rings is 1. The minimum atomic E-state index is -1.25. The summed E-state index contributed by atoms with van der Waals surface area (Å²) in [6, 6.07) is 9.11. The molecule has 0 saturated carbocycles. The van der Waals surface area contributed by atoms with Gasteiger partial charge in [-0.15, -0.1) is 11.6 Å². The molecule has 5 nitrogen and oxygen atoms in total. The number of hydrogen-bond donors (Lipinski definition) is 1. The average Bonchev–Trinajstić information content (AvgIpc) is 2.94. The van der Waals surface area contributed by atoms with E-state index in [4.69, 9.17) is 16.3 Å². The molecule has 0 spiro atoms. The molecular formula is C24H34ClNO4. The fourth-order valence-electron chi connectivity index (χ4n) is 3.68. The van der Waals surface area contributed by atoms with Gasteiger partial charge in [-0.3, -0.25) is 4.79 Å². The van der Waals surface area contributed by atoms with Crippen LogP contribution in [-0.2, 0) is 16.0 Å². The van der Waals surface area contributed by atoms with E-state index in [0.717, 1.165) is 29.7 Å². The number of alkyl halides is 1. The molecule has 0 aromatic heterocycles. The summed E-state index contributed by atoms with van der Waals surface area (Å²) in [6.07, 6.45) is 8.63. The van der Waals surface area contributed by atoms with Gasteiger partial charge in [0.1, 0.15) is 11.0 Å². The number of carbonyl (C=O) groups is 2. The molecule has 1 aliphatic rings. The van der Waals surface area contributed by atoms with E-state index in [2.05, 4.69) is 6.92 Å². The molecule has 1 saturated heterocycles. The summed E-state index contributed by atoms with van der Waals surface area (Å²) < 4.78 is 5.45. The van der Waals surface area contributed by atoms with Crippen molar-refractivity contribution < 1.29 is 19.4 Å². The first kappa shape index (κ1) is 24.4. The van der Waals surface area contributed by atoms with Crippen LogP contribution < -0.4 is 0 Å². The Hall–Kier alpha value is -1.85. The first-order chi connectivity index (χ1) is 14.3. The van der Waals surface area contributed by atoms with E-state index in [0.29, 0.717) is 6.42 Å². The van der Waals surface area contributed by atoms with Gasteiger partial charge in [-0.1, -0.05) is 75.1 Å². The Bertz CT molecular complexity index is 719. The highest BCUT2D eigenvalue weighted by atomic mass is 35.5. The van der Waals surface area contributed by atoms with E-state index in [1.54, 1.807) is 19.9 Å². The van der Waals surface area contributed by atoms with Crippen LogP contribution in [0.1, 0.15) is 64.9 Å². The molecule has 0 bridgehead atoms. The van der Waals surface area contributed by atoms with Crippen molar-refractivity contribution in [1.82, 2.24) is 4.90 Å². The number of cyclic esters (lactones) is 1. The number of allylic oxidation sites excluding steroid dienone is 1. The molecule has 3 atom stereocenters. The van der Waals surface area contributed by atoms with Gasteiger partial charge in [0.15, 0.2) is 0 Å². The molecule has 0 unspecified atom stereocenters. The SMILES string of the molecule is CCCCCCC/C=C/[C@H](O)[C@@H](Cl)C(=O)N1C(=O)OC(C)(C)[C@H]1Cc1ccccc1. The van der Waals surface area contributed by atoms with Gasteiger partial charge in [-0.05, 0) is 38.7 Å². The maximum Gasteiger partial charge on any atom is 0.417 e. The highest BCUT2D eigenvalue weighted by molar-refractivity contribution is 6.32. The van der Waals surface area contributed by atoms with Crippen LogP contribution in [0.3, 0.4) is 0 Å². The van der Waals surface area contributed by atoms with Crippen LogP contribution >= 0.6 is 11.6 Å². The van der Waals surface area contributed by atoms with E-state index >= 15 is 0 Å². The lowest BCUT2D eigenvalue weighted by molar-refractivity contribution is -0.130. The maximum absolute atomic E-state index is 13.0. The number of imide groups is 1.